The lowest BCUT2D eigenvalue weighted by Gasteiger charge is -2.51. The number of aliphatic hydroxyl groups excluding tert-OH is 1. The minimum atomic E-state index is -3.61. The monoisotopic (exact) mass is 560 g/mol. The largest absolute Gasteiger partial charge is 0.392 e. The van der Waals surface area contributed by atoms with E-state index in [1.54, 1.807) is 0 Å². The van der Waals surface area contributed by atoms with Gasteiger partial charge in [0.15, 0.2) is 5.78 Å². The summed E-state index contributed by atoms with van der Waals surface area (Å²) < 4.78 is 67.1. The van der Waals surface area contributed by atoms with E-state index in [0.717, 1.165) is 0 Å². The van der Waals surface area contributed by atoms with Crippen LogP contribution < -0.4 is 0 Å². The summed E-state index contributed by atoms with van der Waals surface area (Å²) in [6, 6.07) is 4.41. The number of hydrogen-bond donors (Lipinski definition) is 1. The Morgan fingerprint density at radius 2 is 1.74 bits per heavy atom. The van der Waals surface area contributed by atoms with Crippen LogP contribution in [0.4, 0.5) is 13.2 Å². The molecule has 12 heteroatoms. The molecule has 0 spiro atoms. The van der Waals surface area contributed by atoms with Crippen molar-refractivity contribution in [1.82, 2.24) is 9.21 Å². The van der Waals surface area contributed by atoms with Gasteiger partial charge in [-0.25, -0.2) is 21.6 Å². The van der Waals surface area contributed by atoms with Crippen LogP contribution in [0.25, 0.3) is 0 Å². The number of ketones is 1. The SMILES string of the molecule is CC(O)CS(=O)(=O)N1CCN(C2(CCC(=O)c3ccc(CF)cc3Cl)CCC(F)(F)CC2)CC1.Cl. The van der Waals surface area contributed by atoms with Gasteiger partial charge in [-0.2, -0.15) is 4.31 Å². The van der Waals surface area contributed by atoms with Gasteiger partial charge in [0.05, 0.1) is 16.9 Å². The lowest BCUT2D eigenvalue weighted by molar-refractivity contribution is -0.0891. The van der Waals surface area contributed by atoms with Gasteiger partial charge in [0.25, 0.3) is 0 Å². The van der Waals surface area contributed by atoms with E-state index >= 15 is 0 Å². The molecule has 0 bridgehead atoms. The molecule has 1 heterocycles. The molecule has 2 fully saturated rings. The molecule has 1 unspecified atom stereocenters. The van der Waals surface area contributed by atoms with E-state index in [4.69, 9.17) is 11.6 Å². The molecular weight excluding hydrogens is 528 g/mol. The quantitative estimate of drug-likeness (QED) is 0.451. The molecule has 1 aromatic rings. The first-order valence-corrected chi connectivity index (χ1v) is 13.5. The number of sulfonamides is 1. The van der Waals surface area contributed by atoms with Gasteiger partial charge in [-0.15, -0.1) is 12.4 Å². The molecule has 1 saturated carbocycles. The van der Waals surface area contributed by atoms with Crippen LogP contribution in [0.15, 0.2) is 18.2 Å². The maximum Gasteiger partial charge on any atom is 0.248 e. The van der Waals surface area contributed by atoms with E-state index in [1.165, 1.54) is 29.4 Å². The maximum atomic E-state index is 14.0. The Kier molecular flexibility index (Phi) is 10.5. The Labute approximate surface area is 216 Å². The highest BCUT2D eigenvalue weighted by Crippen LogP contribution is 2.44. The number of piperazine rings is 1. The van der Waals surface area contributed by atoms with E-state index in [9.17, 15) is 31.5 Å². The van der Waals surface area contributed by atoms with Crippen LogP contribution in [-0.4, -0.2) is 78.0 Å². The Morgan fingerprint density at radius 1 is 1.14 bits per heavy atom. The van der Waals surface area contributed by atoms with Gasteiger partial charge in [-0.05, 0) is 43.9 Å². The number of aliphatic hydroxyl groups is 1. The van der Waals surface area contributed by atoms with E-state index in [-0.39, 0.29) is 79.7 Å². The Bertz CT molecular complexity index is 977. The average Bonchev–Trinajstić information content (AvgIpc) is 2.77. The lowest BCUT2D eigenvalue weighted by atomic mass is 9.74. The van der Waals surface area contributed by atoms with Gasteiger partial charge >= 0.3 is 0 Å². The molecule has 1 saturated heterocycles. The summed E-state index contributed by atoms with van der Waals surface area (Å²) in [5.41, 5.74) is 0.0168. The molecule has 2 aliphatic rings. The first-order valence-electron chi connectivity index (χ1n) is 11.5. The van der Waals surface area contributed by atoms with Crippen molar-refractivity contribution in [2.45, 2.75) is 69.7 Å². The highest BCUT2D eigenvalue weighted by molar-refractivity contribution is 7.89. The standard InChI is InChI=1S/C23H32ClF3N2O4S.ClH/c1-17(30)16-34(32,33)29-12-10-28(11-13-29)22(6-8-23(26,27)9-7-22)5-4-21(31)19-3-2-18(15-25)14-20(19)24;/h2-3,14,17,30H,4-13,15-16H2,1H3;1H. The molecule has 3 rings (SSSR count). The van der Waals surface area contributed by atoms with Crippen LogP contribution >= 0.6 is 24.0 Å². The minimum Gasteiger partial charge on any atom is -0.392 e. The summed E-state index contributed by atoms with van der Waals surface area (Å²) in [4.78, 5) is 14.9. The van der Waals surface area contributed by atoms with Crippen LogP contribution in [0.3, 0.4) is 0 Å². The van der Waals surface area contributed by atoms with Crippen molar-refractivity contribution in [2.24, 2.45) is 0 Å². The van der Waals surface area contributed by atoms with Crippen molar-refractivity contribution < 1.29 is 31.5 Å². The Hall–Kier alpha value is -0.910. The average molecular weight is 561 g/mol. The molecule has 200 valence electrons. The smallest absolute Gasteiger partial charge is 0.248 e. The summed E-state index contributed by atoms with van der Waals surface area (Å²) in [7, 11) is -3.61. The fourth-order valence-corrected chi connectivity index (χ4v) is 6.85. The van der Waals surface area contributed by atoms with Crippen molar-refractivity contribution in [1.29, 1.82) is 0 Å². The molecule has 0 amide bonds. The Balaban J connectivity index is 0.00000432. The zero-order chi connectivity index (χ0) is 25.1. The predicted octanol–water partition coefficient (Wildman–Crippen LogP) is 4.47. The second-order valence-corrected chi connectivity index (χ2v) is 11.9. The van der Waals surface area contributed by atoms with Crippen LogP contribution in [-0.2, 0) is 16.7 Å². The van der Waals surface area contributed by atoms with Crippen molar-refractivity contribution in [2.75, 3.05) is 31.9 Å². The summed E-state index contributed by atoms with van der Waals surface area (Å²) in [6.07, 6.45) is -0.678. The topological polar surface area (TPSA) is 77.9 Å². The van der Waals surface area contributed by atoms with Crippen LogP contribution in [0.5, 0.6) is 0 Å². The van der Waals surface area contributed by atoms with Crippen LogP contribution in [0.2, 0.25) is 5.02 Å². The van der Waals surface area contributed by atoms with E-state index in [0.29, 0.717) is 25.1 Å². The zero-order valence-electron chi connectivity index (χ0n) is 19.7. The van der Waals surface area contributed by atoms with Gasteiger partial charge in [0.2, 0.25) is 15.9 Å². The van der Waals surface area contributed by atoms with Crippen LogP contribution in [0, 0.1) is 0 Å². The second kappa shape index (κ2) is 12.1. The third-order valence-corrected chi connectivity index (χ3v) is 9.34. The molecular formula is C23H33Cl2F3N2O4S. The molecule has 0 radical (unpaired) electrons. The first kappa shape index (κ1) is 30.3. The van der Waals surface area contributed by atoms with E-state index in [2.05, 4.69) is 4.90 Å². The summed E-state index contributed by atoms with van der Waals surface area (Å²) in [6.45, 7) is 1.87. The number of rotatable bonds is 9. The van der Waals surface area contributed by atoms with Crippen molar-refractivity contribution in [3.63, 3.8) is 0 Å². The number of hydrogen-bond acceptors (Lipinski definition) is 5. The molecule has 1 aliphatic heterocycles. The molecule has 0 aromatic heterocycles. The number of benzene rings is 1. The third kappa shape index (κ3) is 7.55. The maximum absolute atomic E-state index is 14.0. The zero-order valence-corrected chi connectivity index (χ0v) is 22.1. The number of nitrogens with zero attached hydrogens (tertiary/aromatic N) is 2. The highest BCUT2D eigenvalue weighted by atomic mass is 35.5. The summed E-state index contributed by atoms with van der Waals surface area (Å²) in [5, 5.41) is 9.65. The first-order chi connectivity index (χ1) is 15.9. The van der Waals surface area contributed by atoms with E-state index < -0.39 is 34.3 Å². The molecule has 6 nitrogen and oxygen atoms in total. The highest BCUT2D eigenvalue weighted by Gasteiger charge is 2.47. The Morgan fingerprint density at radius 3 is 2.26 bits per heavy atom. The fourth-order valence-electron chi connectivity index (χ4n) is 5.01. The lowest BCUT2D eigenvalue weighted by Crippen LogP contribution is -2.60. The second-order valence-electron chi connectivity index (χ2n) is 9.46. The van der Waals surface area contributed by atoms with Crippen molar-refractivity contribution in [3.8, 4) is 0 Å². The van der Waals surface area contributed by atoms with Gasteiger partial charge < -0.3 is 5.11 Å². The van der Waals surface area contributed by atoms with Crippen LogP contribution in [0.1, 0.15) is 61.4 Å². The number of halogens is 5. The van der Waals surface area contributed by atoms with Gasteiger partial charge in [-0.1, -0.05) is 17.7 Å². The summed E-state index contributed by atoms with van der Waals surface area (Å²) >= 11 is 6.16. The fraction of sp³-hybridized carbons (Fsp3) is 0.696. The van der Waals surface area contributed by atoms with Crippen molar-refractivity contribution in [3.05, 3.63) is 34.3 Å². The predicted molar refractivity (Wildman–Crippen MR) is 132 cm³/mol. The number of carbonyl (C=O) groups excluding carboxylic acids is 1. The number of Topliss-reactive ketones (excluding diaryl/α,β-unsaturated/α-hetero) is 1. The van der Waals surface area contributed by atoms with Gasteiger partial charge in [0.1, 0.15) is 6.67 Å². The van der Waals surface area contributed by atoms with E-state index in [1.807, 2.05) is 0 Å². The third-order valence-electron chi connectivity index (χ3n) is 6.97. The van der Waals surface area contributed by atoms with Gasteiger partial charge in [0, 0.05) is 56.5 Å². The molecule has 1 N–H and O–H groups in total. The van der Waals surface area contributed by atoms with Crippen molar-refractivity contribution >= 4 is 39.8 Å². The molecule has 1 aliphatic carbocycles. The molecule has 1 aromatic carbocycles. The summed E-state index contributed by atoms with van der Waals surface area (Å²) in [5.74, 6) is -3.34. The molecule has 1 atom stereocenters. The normalized spacial score (nSPS) is 21.8. The number of carbonyl (C=O) groups is 1. The van der Waals surface area contributed by atoms with Gasteiger partial charge in [-0.3, -0.25) is 9.69 Å². The molecule has 35 heavy (non-hydrogen) atoms. The number of alkyl halides is 3. The minimum absolute atomic E-state index is 0.